The van der Waals surface area contributed by atoms with Crippen LogP contribution in [0, 0.1) is 13.0 Å². The van der Waals surface area contributed by atoms with Crippen LogP contribution in [-0.2, 0) is 21.9 Å². The van der Waals surface area contributed by atoms with Crippen molar-refractivity contribution in [3.63, 3.8) is 0 Å². The first-order valence-corrected chi connectivity index (χ1v) is 16.5. The summed E-state index contributed by atoms with van der Waals surface area (Å²) in [6.45, 7) is 8.50. The quantitative estimate of drug-likeness (QED) is 0.106. The zero-order valence-electron chi connectivity index (χ0n) is 26.8. The van der Waals surface area contributed by atoms with Crippen LogP contribution in [0.3, 0.4) is 0 Å². The second kappa shape index (κ2) is 18.6. The molecule has 2 nitrogen and oxygen atoms in total. The Morgan fingerprint density at radius 2 is 0.978 bits per heavy atom. The normalized spacial score (nSPS) is 10.8. The van der Waals surface area contributed by atoms with Gasteiger partial charge in [0.15, 0.2) is 0 Å². The molecule has 0 heterocycles. The Bertz CT molecular complexity index is 1670. The van der Waals surface area contributed by atoms with Gasteiger partial charge in [0.05, 0.1) is 11.0 Å². The summed E-state index contributed by atoms with van der Waals surface area (Å²) in [6.07, 6.45) is 0. The molecular formula is C42H40NNiOP. The van der Waals surface area contributed by atoms with Crippen molar-refractivity contribution in [1.82, 2.24) is 0 Å². The number of nitrogens with zero attached hydrogens (tertiary/aromatic N) is 1. The summed E-state index contributed by atoms with van der Waals surface area (Å²) in [5.41, 5.74) is 3.14. The number of rotatable bonds is 4. The summed E-state index contributed by atoms with van der Waals surface area (Å²) in [4.78, 5) is 4.63. The van der Waals surface area contributed by atoms with Crippen molar-refractivity contribution in [2.75, 3.05) is 0 Å². The molecule has 0 aromatic heterocycles. The number of para-hydroxylation sites is 1. The molecule has 234 valence electrons. The summed E-state index contributed by atoms with van der Waals surface area (Å²) in [6, 6.07) is 59.7. The van der Waals surface area contributed by atoms with Gasteiger partial charge in [-0.3, -0.25) is 0 Å². The first-order chi connectivity index (χ1) is 21.8. The van der Waals surface area contributed by atoms with Crippen molar-refractivity contribution < 1.29 is 21.6 Å². The molecular weight excluding hydrogens is 624 g/mol. The Labute approximate surface area is 286 Å². The average molecular weight is 664 g/mol. The van der Waals surface area contributed by atoms with E-state index < -0.39 is 7.92 Å². The van der Waals surface area contributed by atoms with Gasteiger partial charge >= 0.3 is 16.5 Å². The molecule has 6 aromatic carbocycles. The first kappa shape index (κ1) is 36.2. The molecule has 0 aliphatic heterocycles. The van der Waals surface area contributed by atoms with E-state index >= 15 is 0 Å². The molecule has 0 bridgehead atoms. The molecule has 46 heavy (non-hydrogen) atoms. The van der Waals surface area contributed by atoms with Crippen LogP contribution in [0.25, 0.3) is 0 Å². The van der Waals surface area contributed by atoms with Crippen LogP contribution in [0.5, 0.6) is 5.75 Å². The molecule has 0 aliphatic carbocycles. The van der Waals surface area contributed by atoms with E-state index in [-0.39, 0.29) is 27.7 Å². The number of hydrogen-bond donors (Lipinski definition) is 0. The van der Waals surface area contributed by atoms with Crippen LogP contribution in [0.1, 0.15) is 31.9 Å². The second-order valence-electron chi connectivity index (χ2n) is 11.4. The van der Waals surface area contributed by atoms with Crippen molar-refractivity contribution in [3.05, 3.63) is 192 Å². The van der Waals surface area contributed by atoms with Crippen LogP contribution in [0.4, 0.5) is 5.69 Å². The Morgan fingerprint density at radius 3 is 1.39 bits per heavy atom. The Hall–Kier alpha value is -4.29. The summed E-state index contributed by atoms with van der Waals surface area (Å²) < 4.78 is 0. The van der Waals surface area contributed by atoms with Crippen LogP contribution >= 0.6 is 7.92 Å². The number of benzene rings is 5. The molecule has 0 saturated heterocycles. The van der Waals surface area contributed by atoms with Crippen LogP contribution in [0.2, 0.25) is 0 Å². The maximum atomic E-state index is 12.0. The summed E-state index contributed by atoms with van der Waals surface area (Å²) in [5.74, 6) is -0.0573. The Balaban J connectivity index is 0.000000208. The zero-order valence-corrected chi connectivity index (χ0v) is 28.7. The Morgan fingerprint density at radius 1 is 0.543 bits per heavy atom. The van der Waals surface area contributed by atoms with Gasteiger partial charge in [-0.25, -0.2) is 4.99 Å². The van der Waals surface area contributed by atoms with Crippen molar-refractivity contribution >= 4 is 29.5 Å². The molecule has 0 amide bonds. The molecule has 0 fully saturated rings. The molecule has 4 heteroatoms. The maximum absolute atomic E-state index is 12.0. The van der Waals surface area contributed by atoms with E-state index in [1.54, 1.807) is 18.2 Å². The van der Waals surface area contributed by atoms with E-state index in [9.17, 15) is 5.11 Å². The summed E-state index contributed by atoms with van der Waals surface area (Å²) in [7, 11) is -0.446. The fourth-order valence-corrected chi connectivity index (χ4v) is 6.97. The zero-order chi connectivity index (χ0) is 31.9. The molecule has 0 N–H and O–H groups in total. The fraction of sp³-hybridized carbons (Fsp3) is 0.119. The molecule has 0 aliphatic rings. The van der Waals surface area contributed by atoms with Gasteiger partial charge in [-0.1, -0.05) is 160 Å². The van der Waals surface area contributed by atoms with E-state index in [1.807, 2.05) is 61.5 Å². The van der Waals surface area contributed by atoms with Crippen molar-refractivity contribution in [1.29, 1.82) is 0 Å². The van der Waals surface area contributed by atoms with Crippen molar-refractivity contribution in [2.45, 2.75) is 33.1 Å². The monoisotopic (exact) mass is 663 g/mol. The smallest absolute Gasteiger partial charge is 0.871 e. The first-order valence-electron chi connectivity index (χ1n) is 15.1. The maximum Gasteiger partial charge on any atom is 2.00 e. The van der Waals surface area contributed by atoms with Gasteiger partial charge in [0.25, 0.3) is 0 Å². The Kier molecular flexibility index (Phi) is 14.7. The molecule has 6 rings (SSSR count). The van der Waals surface area contributed by atoms with Crippen molar-refractivity contribution in [2.24, 2.45) is 4.99 Å². The minimum absolute atomic E-state index is 0. The van der Waals surface area contributed by atoms with Gasteiger partial charge in [0.2, 0.25) is 0 Å². The van der Waals surface area contributed by atoms with Gasteiger partial charge in [-0.2, -0.15) is 36.4 Å². The largest absolute Gasteiger partial charge is 2.00 e. The third-order valence-corrected chi connectivity index (χ3v) is 9.35. The van der Waals surface area contributed by atoms with E-state index in [0.29, 0.717) is 5.36 Å². The fourth-order valence-electron chi connectivity index (χ4n) is 4.67. The van der Waals surface area contributed by atoms with E-state index in [2.05, 4.69) is 129 Å². The molecule has 6 aromatic rings. The third kappa shape index (κ3) is 11.0. The summed E-state index contributed by atoms with van der Waals surface area (Å²) in [5, 5.41) is 16.7. The number of aryl methyl sites for hydroxylation is 1. The second-order valence-corrected chi connectivity index (χ2v) is 13.6. The third-order valence-electron chi connectivity index (χ3n) is 6.90. The van der Waals surface area contributed by atoms with Crippen LogP contribution in [-0.4, -0.2) is 0 Å². The van der Waals surface area contributed by atoms with Gasteiger partial charge in [0.1, 0.15) is 0 Å². The number of hydrogen-bond acceptors (Lipinski definition) is 2. The average Bonchev–Trinajstić information content (AvgIpc) is 3.28. The van der Waals surface area contributed by atoms with E-state index in [1.165, 1.54) is 15.9 Å². The van der Waals surface area contributed by atoms with Gasteiger partial charge in [-0.05, 0) is 53.4 Å². The van der Waals surface area contributed by atoms with Crippen LogP contribution < -0.4 is 26.4 Å². The minimum Gasteiger partial charge on any atom is -0.871 e. The van der Waals surface area contributed by atoms with E-state index in [0.717, 1.165) is 16.8 Å². The topological polar surface area (TPSA) is 35.4 Å². The standard InChI is InChI=1S/C18H21NO.C18H15P.C6H5.Ni/c1-13-9-8-10-14(18(2,3)4)17(13)19-15-11-6-5-7-12-16(15)20;1-4-10-16(11-5-1)19(17-12-6-2-7-13-17)18-14-8-3-9-15-18;1-2-4-6-5-3-1;/h5-12H,1-4H3,(H,19,20);1-15H;1-5H;/q;;-1;+2/p-1. The van der Waals surface area contributed by atoms with Crippen molar-refractivity contribution in [3.8, 4) is 5.75 Å². The molecule has 0 saturated carbocycles. The van der Waals surface area contributed by atoms with Gasteiger partial charge in [0, 0.05) is 0 Å². The molecule has 0 radical (unpaired) electrons. The summed E-state index contributed by atoms with van der Waals surface area (Å²) >= 11 is 0. The predicted octanol–water partition coefficient (Wildman–Crippen LogP) is 8.53. The SMILES string of the molecule is Cc1cccc(C(C)(C)C)c1N=c1cccccc1[O-].[Ni+2].[c-]1ccccc1.c1ccc(P(c2ccccc2)c2ccccc2)cc1. The molecule has 0 unspecified atom stereocenters. The molecule has 0 spiro atoms. The van der Waals surface area contributed by atoms with E-state index in [4.69, 9.17) is 0 Å². The van der Waals surface area contributed by atoms with Gasteiger partial charge < -0.3 is 5.11 Å². The predicted molar refractivity (Wildman–Crippen MR) is 191 cm³/mol. The van der Waals surface area contributed by atoms with Crippen LogP contribution in [0.15, 0.2) is 175 Å². The van der Waals surface area contributed by atoms with Gasteiger partial charge in [-0.15, -0.1) is 0 Å². The molecule has 0 atom stereocenters. The minimum atomic E-state index is -0.446.